The molecule has 0 aliphatic carbocycles. The van der Waals surface area contributed by atoms with Gasteiger partial charge in [-0.3, -0.25) is 0 Å². The molecule has 2 aromatic rings. The van der Waals surface area contributed by atoms with Gasteiger partial charge in [-0.25, -0.2) is 4.39 Å². The quantitative estimate of drug-likeness (QED) is 0.910. The Morgan fingerprint density at radius 2 is 1.84 bits per heavy atom. The van der Waals surface area contributed by atoms with Crippen molar-refractivity contribution < 1.29 is 9.13 Å². The Labute approximate surface area is 111 Å². The van der Waals surface area contributed by atoms with Gasteiger partial charge in [0.05, 0.1) is 18.9 Å². The van der Waals surface area contributed by atoms with Crippen molar-refractivity contribution in [1.82, 2.24) is 0 Å². The summed E-state index contributed by atoms with van der Waals surface area (Å²) in [5.41, 5.74) is 1.07. The molecule has 0 fully saturated rings. The molecular formula is C15H13FN2O. The molecule has 0 aliphatic rings. The van der Waals surface area contributed by atoms with E-state index in [2.05, 4.69) is 11.4 Å². The van der Waals surface area contributed by atoms with Crippen molar-refractivity contribution in [1.29, 1.82) is 5.26 Å². The summed E-state index contributed by atoms with van der Waals surface area (Å²) in [6, 6.07) is 14.9. The minimum absolute atomic E-state index is 0.310. The van der Waals surface area contributed by atoms with Gasteiger partial charge < -0.3 is 10.1 Å². The molecule has 96 valence electrons. The Morgan fingerprint density at radius 1 is 1.16 bits per heavy atom. The molecule has 0 aromatic heterocycles. The second kappa shape index (κ2) is 5.87. The smallest absolute Gasteiger partial charge is 0.146 e. The number of nitrogens with zero attached hydrogens (tertiary/aromatic N) is 1. The van der Waals surface area contributed by atoms with Gasteiger partial charge in [-0.1, -0.05) is 24.3 Å². The highest BCUT2D eigenvalue weighted by Crippen LogP contribution is 2.23. The molecule has 0 saturated heterocycles. The van der Waals surface area contributed by atoms with E-state index < -0.39 is 6.04 Å². The number of halogens is 1. The Morgan fingerprint density at radius 3 is 2.42 bits per heavy atom. The van der Waals surface area contributed by atoms with Gasteiger partial charge >= 0.3 is 0 Å². The van der Waals surface area contributed by atoms with Crippen molar-refractivity contribution in [2.24, 2.45) is 0 Å². The van der Waals surface area contributed by atoms with E-state index in [9.17, 15) is 9.65 Å². The number of nitrogens with one attached hydrogen (secondary N) is 1. The van der Waals surface area contributed by atoms with Crippen molar-refractivity contribution >= 4 is 5.69 Å². The van der Waals surface area contributed by atoms with Crippen LogP contribution in [-0.2, 0) is 0 Å². The molecule has 0 aliphatic heterocycles. The Kier molecular flexibility index (Phi) is 3.99. The molecule has 3 nitrogen and oxygen atoms in total. The molecule has 1 atom stereocenters. The lowest BCUT2D eigenvalue weighted by molar-refractivity contribution is 0.414. The number of benzene rings is 2. The zero-order valence-electron chi connectivity index (χ0n) is 10.4. The number of hydrogen-bond acceptors (Lipinski definition) is 3. The van der Waals surface area contributed by atoms with Gasteiger partial charge in [0.1, 0.15) is 17.6 Å². The summed E-state index contributed by atoms with van der Waals surface area (Å²) in [7, 11) is 1.58. The van der Waals surface area contributed by atoms with E-state index in [0.29, 0.717) is 11.4 Å². The van der Waals surface area contributed by atoms with E-state index in [4.69, 9.17) is 4.74 Å². The van der Waals surface area contributed by atoms with E-state index in [1.54, 1.807) is 49.6 Å². The van der Waals surface area contributed by atoms with Crippen LogP contribution in [0.1, 0.15) is 11.6 Å². The van der Waals surface area contributed by atoms with Crippen molar-refractivity contribution in [3.8, 4) is 11.8 Å². The summed E-state index contributed by atoms with van der Waals surface area (Å²) in [4.78, 5) is 0. The van der Waals surface area contributed by atoms with Gasteiger partial charge in [-0.05, 0) is 29.8 Å². The maximum atomic E-state index is 13.5. The third-order valence-corrected chi connectivity index (χ3v) is 2.75. The first kappa shape index (κ1) is 12.9. The van der Waals surface area contributed by atoms with Crippen molar-refractivity contribution in [2.75, 3.05) is 12.4 Å². The predicted octanol–water partition coefficient (Wildman–Crippen LogP) is 3.51. The Hall–Kier alpha value is -2.54. The fraction of sp³-hybridized carbons (Fsp3) is 0.133. The fourth-order valence-electron chi connectivity index (χ4n) is 1.72. The standard InChI is InChI=1S/C15H13FN2O/c1-19-12-8-6-11(7-9-12)15(10-17)18-14-5-3-2-4-13(14)16/h2-9,15,18H,1H3. The number of ether oxygens (including phenoxy) is 1. The van der Waals surface area contributed by atoms with Crippen LogP contribution in [0.5, 0.6) is 5.75 Å². The Bertz CT molecular complexity index is 590. The number of anilines is 1. The minimum Gasteiger partial charge on any atom is -0.497 e. The van der Waals surface area contributed by atoms with Crippen LogP contribution < -0.4 is 10.1 Å². The lowest BCUT2D eigenvalue weighted by Crippen LogP contribution is -2.09. The minimum atomic E-state index is -0.609. The molecule has 1 N–H and O–H groups in total. The third kappa shape index (κ3) is 3.02. The summed E-state index contributed by atoms with van der Waals surface area (Å²) < 4.78 is 18.6. The molecule has 2 rings (SSSR count). The van der Waals surface area contributed by atoms with E-state index in [1.165, 1.54) is 6.07 Å². The van der Waals surface area contributed by atoms with Crippen LogP contribution in [0.25, 0.3) is 0 Å². The molecule has 0 spiro atoms. The lowest BCUT2D eigenvalue weighted by Gasteiger charge is -2.14. The first-order chi connectivity index (χ1) is 9.24. The van der Waals surface area contributed by atoms with Gasteiger partial charge in [0.15, 0.2) is 0 Å². The average molecular weight is 256 g/mol. The molecule has 1 unspecified atom stereocenters. The van der Waals surface area contributed by atoms with Gasteiger partial charge in [0.25, 0.3) is 0 Å². The topological polar surface area (TPSA) is 45.0 Å². The van der Waals surface area contributed by atoms with Crippen LogP contribution in [-0.4, -0.2) is 7.11 Å². The first-order valence-electron chi connectivity index (χ1n) is 5.79. The molecule has 0 saturated carbocycles. The highest BCUT2D eigenvalue weighted by Gasteiger charge is 2.12. The van der Waals surface area contributed by atoms with Crippen molar-refractivity contribution in [3.05, 3.63) is 59.9 Å². The SMILES string of the molecule is COc1ccc(C(C#N)Nc2ccccc2F)cc1. The zero-order chi connectivity index (χ0) is 13.7. The van der Waals surface area contributed by atoms with E-state index in [0.717, 1.165) is 5.56 Å². The van der Waals surface area contributed by atoms with Crippen molar-refractivity contribution in [3.63, 3.8) is 0 Å². The Balaban J connectivity index is 2.21. The van der Waals surface area contributed by atoms with Crippen LogP contribution in [0.2, 0.25) is 0 Å². The largest absolute Gasteiger partial charge is 0.497 e. The molecule has 2 aromatic carbocycles. The van der Waals surface area contributed by atoms with Gasteiger partial charge in [0.2, 0.25) is 0 Å². The number of para-hydroxylation sites is 1. The normalized spacial score (nSPS) is 11.4. The maximum Gasteiger partial charge on any atom is 0.146 e. The van der Waals surface area contributed by atoms with Crippen molar-refractivity contribution in [2.45, 2.75) is 6.04 Å². The van der Waals surface area contributed by atoms with Gasteiger partial charge in [0, 0.05) is 0 Å². The van der Waals surface area contributed by atoms with Crippen LogP contribution in [0.4, 0.5) is 10.1 Å². The summed E-state index contributed by atoms with van der Waals surface area (Å²) in [5.74, 6) is 0.336. The fourth-order valence-corrected chi connectivity index (χ4v) is 1.72. The highest BCUT2D eigenvalue weighted by atomic mass is 19.1. The van der Waals surface area contributed by atoms with Gasteiger partial charge in [-0.2, -0.15) is 5.26 Å². The molecule has 19 heavy (non-hydrogen) atoms. The molecule has 0 bridgehead atoms. The zero-order valence-corrected chi connectivity index (χ0v) is 10.4. The predicted molar refractivity (Wildman–Crippen MR) is 71.4 cm³/mol. The second-order valence-corrected chi connectivity index (χ2v) is 3.96. The summed E-state index contributed by atoms with van der Waals surface area (Å²) in [5, 5.41) is 12.1. The van der Waals surface area contributed by atoms with E-state index >= 15 is 0 Å². The summed E-state index contributed by atoms with van der Waals surface area (Å²) in [6.45, 7) is 0. The van der Waals surface area contributed by atoms with Crippen LogP contribution in [0.3, 0.4) is 0 Å². The number of nitriles is 1. The highest BCUT2D eigenvalue weighted by molar-refractivity contribution is 5.48. The molecule has 0 amide bonds. The van der Waals surface area contributed by atoms with E-state index in [1.807, 2.05) is 0 Å². The third-order valence-electron chi connectivity index (χ3n) is 2.75. The maximum absolute atomic E-state index is 13.5. The number of rotatable bonds is 4. The summed E-state index contributed by atoms with van der Waals surface area (Å²) in [6.07, 6.45) is 0. The molecule has 0 heterocycles. The van der Waals surface area contributed by atoms with Crippen LogP contribution >= 0.6 is 0 Å². The summed E-state index contributed by atoms with van der Waals surface area (Å²) >= 11 is 0. The number of methoxy groups -OCH3 is 1. The van der Waals surface area contributed by atoms with Crippen LogP contribution in [0.15, 0.2) is 48.5 Å². The monoisotopic (exact) mass is 256 g/mol. The lowest BCUT2D eigenvalue weighted by atomic mass is 10.1. The first-order valence-corrected chi connectivity index (χ1v) is 5.79. The second-order valence-electron chi connectivity index (χ2n) is 3.96. The van der Waals surface area contributed by atoms with Gasteiger partial charge in [-0.15, -0.1) is 0 Å². The molecular weight excluding hydrogens is 243 g/mol. The average Bonchev–Trinajstić information content (AvgIpc) is 2.47. The number of hydrogen-bond donors (Lipinski definition) is 1. The van der Waals surface area contributed by atoms with E-state index in [-0.39, 0.29) is 5.82 Å². The van der Waals surface area contributed by atoms with Crippen LogP contribution in [0, 0.1) is 17.1 Å². The molecule has 0 radical (unpaired) electrons. The molecule has 4 heteroatoms.